The molecule has 0 saturated carbocycles. The van der Waals surface area contributed by atoms with Crippen molar-refractivity contribution in [2.24, 2.45) is 5.92 Å². The maximum Gasteiger partial charge on any atom is 0.228 e. The van der Waals surface area contributed by atoms with Gasteiger partial charge in [0.1, 0.15) is 0 Å². The molecule has 0 bridgehead atoms. The zero-order chi connectivity index (χ0) is 11.5. The predicted octanol–water partition coefficient (Wildman–Crippen LogP) is 3.28. The number of fused-ring (bicyclic) bond motifs is 1. The number of nitrogens with one attached hydrogen (secondary N) is 1. The lowest BCUT2D eigenvalue weighted by atomic mass is 10.1. The van der Waals surface area contributed by atoms with Gasteiger partial charge >= 0.3 is 0 Å². The smallest absolute Gasteiger partial charge is 0.228 e. The topological polar surface area (TPSA) is 42.0 Å². The van der Waals surface area contributed by atoms with E-state index in [-0.39, 0.29) is 11.8 Å². The summed E-state index contributed by atoms with van der Waals surface area (Å²) in [7, 11) is 0. The van der Waals surface area contributed by atoms with E-state index in [0.717, 1.165) is 16.6 Å². The third-order valence-electron chi connectivity index (χ3n) is 2.58. The summed E-state index contributed by atoms with van der Waals surface area (Å²) in [6, 6.07) is 7.87. The van der Waals surface area contributed by atoms with E-state index in [9.17, 15) is 4.79 Å². The van der Waals surface area contributed by atoms with E-state index in [1.807, 2.05) is 38.1 Å². The molecule has 16 heavy (non-hydrogen) atoms. The Kier molecular flexibility index (Phi) is 3.19. The quantitative estimate of drug-likeness (QED) is 0.885. The summed E-state index contributed by atoms with van der Waals surface area (Å²) in [5, 5.41) is 3.54. The second-order valence-corrected chi connectivity index (χ2v) is 4.82. The first kappa shape index (κ1) is 11.1. The molecule has 1 aromatic heterocycles. The molecule has 0 radical (unpaired) electrons. The molecule has 1 aromatic carbocycles. The Labute approximate surface area is 98.5 Å². The molecule has 0 saturated heterocycles. The molecule has 84 valence electrons. The minimum absolute atomic E-state index is 0.0343. The fourth-order valence-corrected chi connectivity index (χ4v) is 2.21. The molecule has 1 N–H and O–H groups in total. The van der Waals surface area contributed by atoms with Gasteiger partial charge in [0.05, 0.1) is 10.2 Å². The SMILES string of the molecule is CCC(C)C(=O)Nc1nc2ccccc2s1. The fourth-order valence-electron chi connectivity index (χ4n) is 1.34. The highest BCUT2D eigenvalue weighted by Crippen LogP contribution is 2.25. The molecule has 0 aliphatic heterocycles. The number of nitrogens with zero attached hydrogens (tertiary/aromatic N) is 1. The monoisotopic (exact) mass is 234 g/mol. The molecule has 3 nitrogen and oxygen atoms in total. The number of hydrogen-bond acceptors (Lipinski definition) is 3. The molecule has 2 rings (SSSR count). The van der Waals surface area contributed by atoms with Gasteiger partial charge in [0, 0.05) is 5.92 Å². The van der Waals surface area contributed by atoms with Crippen molar-refractivity contribution >= 4 is 32.6 Å². The Bertz CT molecular complexity index is 473. The van der Waals surface area contributed by atoms with Crippen molar-refractivity contribution in [1.29, 1.82) is 0 Å². The van der Waals surface area contributed by atoms with Gasteiger partial charge in [0.25, 0.3) is 0 Å². The number of rotatable bonds is 3. The van der Waals surface area contributed by atoms with Gasteiger partial charge in [-0.25, -0.2) is 4.98 Å². The van der Waals surface area contributed by atoms with Crippen molar-refractivity contribution in [2.75, 3.05) is 5.32 Å². The van der Waals surface area contributed by atoms with Crippen LogP contribution in [0.1, 0.15) is 20.3 Å². The molecular formula is C12H14N2OS. The number of carbonyl (C=O) groups excluding carboxylic acids is 1. The number of amides is 1. The van der Waals surface area contributed by atoms with Crippen LogP contribution in [0, 0.1) is 5.92 Å². The second kappa shape index (κ2) is 4.61. The Balaban J connectivity index is 2.18. The van der Waals surface area contributed by atoms with Crippen LogP contribution in [0.3, 0.4) is 0 Å². The van der Waals surface area contributed by atoms with Gasteiger partial charge in [-0.3, -0.25) is 4.79 Å². The molecule has 1 heterocycles. The average Bonchev–Trinajstić information content (AvgIpc) is 2.69. The second-order valence-electron chi connectivity index (χ2n) is 3.79. The molecule has 1 atom stereocenters. The minimum Gasteiger partial charge on any atom is -0.302 e. The van der Waals surface area contributed by atoms with Gasteiger partial charge in [-0.1, -0.05) is 37.3 Å². The summed E-state index contributed by atoms with van der Waals surface area (Å²) in [4.78, 5) is 16.0. The van der Waals surface area contributed by atoms with Crippen LogP contribution in [0.2, 0.25) is 0 Å². The van der Waals surface area contributed by atoms with Crippen molar-refractivity contribution < 1.29 is 4.79 Å². The predicted molar refractivity (Wildman–Crippen MR) is 67.7 cm³/mol. The molecule has 0 aliphatic rings. The number of benzene rings is 1. The summed E-state index contributed by atoms with van der Waals surface area (Å²) in [6.45, 7) is 3.92. The van der Waals surface area contributed by atoms with Gasteiger partial charge in [-0.05, 0) is 18.6 Å². The van der Waals surface area contributed by atoms with Crippen LogP contribution in [0.25, 0.3) is 10.2 Å². The number of thiazole rings is 1. The van der Waals surface area contributed by atoms with E-state index in [2.05, 4.69) is 10.3 Å². The summed E-state index contributed by atoms with van der Waals surface area (Å²) in [5.74, 6) is 0.0774. The van der Waals surface area contributed by atoms with Gasteiger partial charge in [0.15, 0.2) is 5.13 Å². The normalized spacial score (nSPS) is 12.6. The molecule has 1 amide bonds. The number of carbonyl (C=O) groups is 1. The van der Waals surface area contributed by atoms with Gasteiger partial charge in [-0.15, -0.1) is 0 Å². The van der Waals surface area contributed by atoms with Crippen LogP contribution in [0.4, 0.5) is 5.13 Å². The Morgan fingerprint density at radius 3 is 2.94 bits per heavy atom. The summed E-state index contributed by atoms with van der Waals surface area (Å²) in [5.41, 5.74) is 0.937. The molecule has 1 unspecified atom stereocenters. The van der Waals surface area contributed by atoms with Crippen molar-refractivity contribution in [3.05, 3.63) is 24.3 Å². The first-order chi connectivity index (χ1) is 7.70. The summed E-state index contributed by atoms with van der Waals surface area (Å²) < 4.78 is 1.10. The zero-order valence-electron chi connectivity index (χ0n) is 9.36. The van der Waals surface area contributed by atoms with E-state index in [0.29, 0.717) is 5.13 Å². The Morgan fingerprint density at radius 2 is 2.25 bits per heavy atom. The third kappa shape index (κ3) is 2.22. The Hall–Kier alpha value is -1.42. The molecule has 0 aliphatic carbocycles. The molecule has 0 spiro atoms. The van der Waals surface area contributed by atoms with E-state index < -0.39 is 0 Å². The van der Waals surface area contributed by atoms with Crippen LogP contribution >= 0.6 is 11.3 Å². The van der Waals surface area contributed by atoms with E-state index >= 15 is 0 Å². The number of anilines is 1. The maximum absolute atomic E-state index is 11.7. The fraction of sp³-hybridized carbons (Fsp3) is 0.333. The summed E-state index contributed by atoms with van der Waals surface area (Å²) in [6.07, 6.45) is 0.844. The number of aromatic nitrogens is 1. The highest BCUT2D eigenvalue weighted by molar-refractivity contribution is 7.22. The lowest BCUT2D eigenvalue weighted by molar-refractivity contribution is -0.119. The summed E-state index contributed by atoms with van der Waals surface area (Å²) >= 11 is 1.51. The molecule has 0 fully saturated rings. The highest BCUT2D eigenvalue weighted by Gasteiger charge is 2.12. The zero-order valence-corrected chi connectivity index (χ0v) is 10.2. The lowest BCUT2D eigenvalue weighted by Crippen LogP contribution is -2.19. The third-order valence-corrected chi connectivity index (χ3v) is 3.54. The van der Waals surface area contributed by atoms with Crippen molar-refractivity contribution in [2.45, 2.75) is 20.3 Å². The van der Waals surface area contributed by atoms with Gasteiger partial charge in [-0.2, -0.15) is 0 Å². The van der Waals surface area contributed by atoms with E-state index in [1.165, 1.54) is 11.3 Å². The van der Waals surface area contributed by atoms with Gasteiger partial charge < -0.3 is 5.32 Å². The van der Waals surface area contributed by atoms with E-state index in [4.69, 9.17) is 0 Å². The minimum atomic E-state index is 0.0343. The Morgan fingerprint density at radius 1 is 1.50 bits per heavy atom. The first-order valence-electron chi connectivity index (χ1n) is 5.37. The largest absolute Gasteiger partial charge is 0.302 e. The first-order valence-corrected chi connectivity index (χ1v) is 6.18. The van der Waals surface area contributed by atoms with Gasteiger partial charge in [0.2, 0.25) is 5.91 Å². The van der Waals surface area contributed by atoms with Crippen LogP contribution in [0.5, 0.6) is 0 Å². The highest BCUT2D eigenvalue weighted by atomic mass is 32.1. The van der Waals surface area contributed by atoms with Crippen molar-refractivity contribution in [3.8, 4) is 0 Å². The van der Waals surface area contributed by atoms with Crippen molar-refractivity contribution in [1.82, 2.24) is 4.98 Å². The number of para-hydroxylation sites is 1. The maximum atomic E-state index is 11.7. The van der Waals surface area contributed by atoms with Crippen LogP contribution in [-0.2, 0) is 4.79 Å². The molecule has 4 heteroatoms. The standard InChI is InChI=1S/C12H14N2OS/c1-3-8(2)11(15)14-12-13-9-6-4-5-7-10(9)16-12/h4-8H,3H2,1-2H3,(H,13,14,15). The van der Waals surface area contributed by atoms with Crippen LogP contribution in [0.15, 0.2) is 24.3 Å². The van der Waals surface area contributed by atoms with Crippen LogP contribution < -0.4 is 5.32 Å². The van der Waals surface area contributed by atoms with E-state index in [1.54, 1.807) is 0 Å². The number of hydrogen-bond donors (Lipinski definition) is 1. The lowest BCUT2D eigenvalue weighted by Gasteiger charge is -2.06. The van der Waals surface area contributed by atoms with Crippen molar-refractivity contribution in [3.63, 3.8) is 0 Å². The van der Waals surface area contributed by atoms with Crippen LogP contribution in [-0.4, -0.2) is 10.9 Å². The molecule has 2 aromatic rings. The average molecular weight is 234 g/mol. The molecular weight excluding hydrogens is 220 g/mol.